The van der Waals surface area contributed by atoms with Crippen molar-refractivity contribution >= 4 is 43.1 Å². The summed E-state index contributed by atoms with van der Waals surface area (Å²) in [5, 5.41) is 29.3. The highest BCUT2D eigenvalue weighted by molar-refractivity contribution is 6.26. The molecule has 6 aromatic rings. The summed E-state index contributed by atoms with van der Waals surface area (Å²) in [5.74, 6) is 0.606. The number of aromatic hydroxyl groups is 2. The van der Waals surface area contributed by atoms with Gasteiger partial charge < -0.3 is 10.2 Å². The van der Waals surface area contributed by atoms with Gasteiger partial charge in [-0.2, -0.15) is 0 Å². The molecule has 0 spiro atoms. The van der Waals surface area contributed by atoms with Gasteiger partial charge in [-0.05, 0) is 32.7 Å². The number of benzene rings is 6. The Labute approximate surface area is 173 Å². The third-order valence-corrected chi connectivity index (χ3v) is 6.06. The molecule has 0 fully saturated rings. The maximum absolute atomic E-state index is 11.0. The minimum absolute atomic E-state index is 0.303. The molecule has 0 unspecified atom stereocenters. The summed E-state index contributed by atoms with van der Waals surface area (Å²) < 4.78 is 0. The van der Waals surface area contributed by atoms with Gasteiger partial charge in [0.25, 0.3) is 0 Å². The van der Waals surface area contributed by atoms with Gasteiger partial charge in [-0.3, -0.25) is 0 Å². The topological polar surface area (TPSA) is 40.5 Å². The zero-order valence-corrected chi connectivity index (χ0v) is 16.1. The van der Waals surface area contributed by atoms with Crippen LogP contribution in [0, 0.1) is 0 Å². The van der Waals surface area contributed by atoms with Gasteiger partial charge >= 0.3 is 0 Å². The predicted molar refractivity (Wildman–Crippen MR) is 125 cm³/mol. The Bertz CT molecular complexity index is 1380. The molecule has 0 aliphatic rings. The Morgan fingerprint density at radius 1 is 0.300 bits per heavy atom. The molecule has 2 N–H and O–H groups in total. The molecule has 0 saturated heterocycles. The molecule has 30 heavy (non-hydrogen) atoms. The van der Waals surface area contributed by atoms with Crippen LogP contribution < -0.4 is 0 Å². The highest BCUT2D eigenvalue weighted by Crippen LogP contribution is 2.48. The largest absolute Gasteiger partial charge is 0.507 e. The first-order chi connectivity index (χ1) is 14.8. The third kappa shape index (κ3) is 2.19. The van der Waals surface area contributed by atoms with Crippen molar-refractivity contribution < 1.29 is 10.2 Å². The average molecular weight is 386 g/mol. The van der Waals surface area contributed by atoms with E-state index in [2.05, 4.69) is 24.3 Å². The Kier molecular flexibility index (Phi) is 3.50. The highest BCUT2D eigenvalue weighted by atomic mass is 16.3. The fourth-order valence-corrected chi connectivity index (χ4v) is 4.75. The van der Waals surface area contributed by atoms with E-state index < -0.39 is 0 Å². The quantitative estimate of drug-likeness (QED) is 0.289. The molecule has 142 valence electrons. The van der Waals surface area contributed by atoms with Crippen LogP contribution in [-0.2, 0) is 0 Å². The lowest BCUT2D eigenvalue weighted by Crippen LogP contribution is -1.91. The molecule has 0 saturated carbocycles. The maximum atomic E-state index is 11.0. The summed E-state index contributed by atoms with van der Waals surface area (Å²) in [5.41, 5.74) is 2.15. The van der Waals surface area contributed by atoms with Crippen molar-refractivity contribution in [3.8, 4) is 22.6 Å². The molecule has 6 rings (SSSR count). The van der Waals surface area contributed by atoms with Crippen LogP contribution in [0.15, 0.2) is 97.1 Å². The average Bonchev–Trinajstić information content (AvgIpc) is 2.81. The first-order valence-electron chi connectivity index (χ1n) is 10.0. The van der Waals surface area contributed by atoms with Crippen LogP contribution in [0.1, 0.15) is 0 Å². The van der Waals surface area contributed by atoms with Gasteiger partial charge in [-0.15, -0.1) is 0 Å². The number of hydrogen-bond donors (Lipinski definition) is 2. The van der Waals surface area contributed by atoms with Crippen molar-refractivity contribution in [1.82, 2.24) is 0 Å². The van der Waals surface area contributed by atoms with Crippen LogP contribution in [0.4, 0.5) is 0 Å². The number of rotatable bonds is 1. The minimum atomic E-state index is 0.303. The summed E-state index contributed by atoms with van der Waals surface area (Å²) in [6.07, 6.45) is 0. The Balaban J connectivity index is 1.97. The molecule has 0 atom stereocenters. The second kappa shape index (κ2) is 6.23. The zero-order valence-electron chi connectivity index (χ0n) is 16.1. The predicted octanol–water partition coefficient (Wildman–Crippen LogP) is 7.38. The van der Waals surface area contributed by atoms with E-state index in [9.17, 15) is 10.2 Å². The monoisotopic (exact) mass is 386 g/mol. The molecular formula is C28H18O2. The highest BCUT2D eigenvalue weighted by Gasteiger charge is 2.20. The summed E-state index contributed by atoms with van der Waals surface area (Å²) in [7, 11) is 0. The Morgan fingerprint density at radius 3 is 0.733 bits per heavy atom. The normalized spacial score (nSPS) is 11.6. The fraction of sp³-hybridized carbons (Fsp3) is 0. The molecule has 2 heteroatoms. The lowest BCUT2D eigenvalue weighted by Gasteiger charge is -2.19. The van der Waals surface area contributed by atoms with Crippen molar-refractivity contribution in [3.05, 3.63) is 97.1 Å². The number of phenols is 2. The van der Waals surface area contributed by atoms with E-state index in [4.69, 9.17) is 0 Å². The van der Waals surface area contributed by atoms with Gasteiger partial charge in [0.05, 0.1) is 0 Å². The second-order valence-corrected chi connectivity index (χ2v) is 7.63. The van der Waals surface area contributed by atoms with Gasteiger partial charge in [0.2, 0.25) is 0 Å². The van der Waals surface area contributed by atoms with Crippen molar-refractivity contribution in [1.29, 1.82) is 0 Å². The molecule has 6 aromatic carbocycles. The van der Waals surface area contributed by atoms with E-state index in [1.807, 2.05) is 72.8 Å². The van der Waals surface area contributed by atoms with E-state index in [1.54, 1.807) is 0 Å². The van der Waals surface area contributed by atoms with E-state index in [1.165, 1.54) is 0 Å². The van der Waals surface area contributed by atoms with Gasteiger partial charge in [0.15, 0.2) is 0 Å². The van der Waals surface area contributed by atoms with E-state index in [0.717, 1.165) is 54.2 Å². The Morgan fingerprint density at radius 2 is 0.500 bits per heavy atom. The number of fused-ring (bicyclic) bond motifs is 4. The van der Waals surface area contributed by atoms with Gasteiger partial charge in [-0.1, -0.05) is 97.1 Å². The zero-order chi connectivity index (χ0) is 20.2. The van der Waals surface area contributed by atoms with Crippen LogP contribution in [0.2, 0.25) is 0 Å². The fourth-order valence-electron chi connectivity index (χ4n) is 4.75. The van der Waals surface area contributed by atoms with Gasteiger partial charge in [-0.25, -0.2) is 0 Å². The lowest BCUT2D eigenvalue weighted by atomic mass is 9.85. The molecule has 0 heterocycles. The first-order valence-corrected chi connectivity index (χ1v) is 10.0. The molecule has 0 bridgehead atoms. The van der Waals surface area contributed by atoms with Crippen LogP contribution in [0.3, 0.4) is 0 Å². The maximum Gasteiger partial charge on any atom is 0.131 e. The molecule has 0 radical (unpaired) electrons. The van der Waals surface area contributed by atoms with E-state index in [0.29, 0.717) is 11.5 Å². The van der Waals surface area contributed by atoms with Crippen molar-refractivity contribution in [3.63, 3.8) is 0 Å². The summed E-state index contributed by atoms with van der Waals surface area (Å²) in [4.78, 5) is 0. The first kappa shape index (κ1) is 16.9. The molecule has 0 aliphatic carbocycles. The molecule has 0 aliphatic heterocycles. The summed E-state index contributed by atoms with van der Waals surface area (Å²) >= 11 is 0. The molecule has 2 nitrogen and oxygen atoms in total. The number of hydrogen-bond acceptors (Lipinski definition) is 2. The van der Waals surface area contributed by atoms with E-state index >= 15 is 0 Å². The van der Waals surface area contributed by atoms with Crippen LogP contribution in [0.5, 0.6) is 11.5 Å². The summed E-state index contributed by atoms with van der Waals surface area (Å²) in [6.45, 7) is 0. The number of phenolic OH excluding ortho intramolecular Hbond substituents is 2. The van der Waals surface area contributed by atoms with Crippen molar-refractivity contribution in [2.45, 2.75) is 0 Å². The standard InChI is InChI=1S/C28H18O2/c29-27-21-13-5-1-9-17(21)25(18-10-2-6-14-22(18)27)26-19-11-3-7-15-23(19)28(30)24-16-8-4-12-20(24)26/h1-16,29-30H. The SMILES string of the molecule is Oc1c2ccccc2c(-c2c3ccccc3c(O)c3ccccc23)c2ccccc12. The molecule has 0 aromatic heterocycles. The van der Waals surface area contributed by atoms with Crippen LogP contribution >= 0.6 is 0 Å². The van der Waals surface area contributed by atoms with Crippen LogP contribution in [0.25, 0.3) is 54.2 Å². The minimum Gasteiger partial charge on any atom is -0.507 e. The molecular weight excluding hydrogens is 368 g/mol. The van der Waals surface area contributed by atoms with Gasteiger partial charge in [0.1, 0.15) is 11.5 Å². The Hall–Kier alpha value is -4.04. The third-order valence-electron chi connectivity index (χ3n) is 6.06. The van der Waals surface area contributed by atoms with Crippen molar-refractivity contribution in [2.75, 3.05) is 0 Å². The smallest absolute Gasteiger partial charge is 0.131 e. The molecule has 0 amide bonds. The van der Waals surface area contributed by atoms with Gasteiger partial charge in [0, 0.05) is 21.5 Å². The van der Waals surface area contributed by atoms with Crippen molar-refractivity contribution in [2.24, 2.45) is 0 Å². The second-order valence-electron chi connectivity index (χ2n) is 7.63. The summed E-state index contributed by atoms with van der Waals surface area (Å²) in [6, 6.07) is 31.9. The lowest BCUT2D eigenvalue weighted by molar-refractivity contribution is 0.487. The van der Waals surface area contributed by atoms with Crippen LogP contribution in [-0.4, -0.2) is 10.2 Å². The van der Waals surface area contributed by atoms with E-state index in [-0.39, 0.29) is 0 Å².